The Morgan fingerprint density at radius 3 is 0.638 bits per heavy atom. The first kappa shape index (κ1) is 79.1. The van der Waals surface area contributed by atoms with Crippen molar-refractivity contribution >= 4 is 131 Å². The first-order valence-corrected chi connectivity index (χ1v) is 46.8. The van der Waals surface area contributed by atoms with E-state index in [1.807, 2.05) is 72.8 Å². The molecule has 28 rings (SSSR count). The lowest BCUT2D eigenvalue weighted by Gasteiger charge is -2.12. The van der Waals surface area contributed by atoms with Crippen LogP contribution in [0.3, 0.4) is 0 Å². The van der Waals surface area contributed by atoms with Crippen LogP contribution < -0.4 is 0 Å². The highest BCUT2D eigenvalue weighted by Gasteiger charge is 2.26. The van der Waals surface area contributed by atoms with Crippen molar-refractivity contribution in [2.45, 2.75) is 0 Å². The molecule has 0 spiro atoms. The molecule has 0 amide bonds. The second-order valence-electron chi connectivity index (χ2n) is 35.5. The number of para-hydroxylation sites is 6. The van der Waals surface area contributed by atoms with E-state index in [1.54, 1.807) is 0 Å². The van der Waals surface area contributed by atoms with E-state index in [-0.39, 0.29) is 0 Å². The molecule has 8 aromatic heterocycles. The molecular weight excluding hydrogens is 1680 g/mol. The Morgan fingerprint density at radius 1 is 0.116 bits per heavy atom. The summed E-state index contributed by atoms with van der Waals surface area (Å²) in [6, 6.07) is 176. The number of benzene rings is 20. The predicted octanol–water partition coefficient (Wildman–Crippen LogP) is 32.3. The molecule has 11 heteroatoms. The fourth-order valence-electron chi connectivity index (χ4n) is 21.2. The molecule has 0 saturated heterocycles. The first-order chi connectivity index (χ1) is 68.4. The van der Waals surface area contributed by atoms with Gasteiger partial charge in [0.15, 0.2) is 11.6 Å². The van der Waals surface area contributed by atoms with Crippen LogP contribution in [0, 0.1) is 0 Å². The van der Waals surface area contributed by atoms with Crippen molar-refractivity contribution in [1.29, 1.82) is 0 Å². The summed E-state index contributed by atoms with van der Waals surface area (Å²) < 4.78 is 14.1. The van der Waals surface area contributed by atoms with Gasteiger partial charge in [-0.2, -0.15) is 9.97 Å². The van der Waals surface area contributed by atoms with Gasteiger partial charge in [-0.15, -0.1) is 0 Å². The largest absolute Gasteiger partial charge is 0.309 e. The Bertz CT molecular complexity index is 9010. The zero-order valence-electron chi connectivity index (χ0n) is 74.7. The summed E-state index contributed by atoms with van der Waals surface area (Å²) >= 11 is 0. The van der Waals surface area contributed by atoms with Crippen LogP contribution in [0.15, 0.2) is 491 Å². The lowest BCUT2D eigenvalue weighted by molar-refractivity contribution is 0.953. The van der Waals surface area contributed by atoms with Crippen molar-refractivity contribution in [2.75, 3.05) is 0 Å². The van der Waals surface area contributed by atoms with Gasteiger partial charge < -0.3 is 18.3 Å². The number of hydrogen-bond acceptors (Lipinski definition) is 5. The lowest BCUT2D eigenvalue weighted by atomic mass is 10.0. The zero-order chi connectivity index (χ0) is 90.8. The maximum Gasteiger partial charge on any atom is 0.238 e. The van der Waals surface area contributed by atoms with Crippen molar-refractivity contribution < 1.29 is 0 Å². The molecule has 28 aromatic rings. The molecular formula is C127H81N11. The summed E-state index contributed by atoms with van der Waals surface area (Å²) in [7, 11) is 0. The van der Waals surface area contributed by atoms with Crippen LogP contribution >= 0.6 is 0 Å². The van der Waals surface area contributed by atoms with E-state index in [2.05, 4.69) is 446 Å². The number of aromatic nitrogens is 11. The zero-order valence-corrected chi connectivity index (χ0v) is 74.7. The van der Waals surface area contributed by atoms with Crippen molar-refractivity contribution in [3.8, 4) is 124 Å². The van der Waals surface area contributed by atoms with Gasteiger partial charge in [0, 0.05) is 110 Å². The van der Waals surface area contributed by atoms with Gasteiger partial charge in [0.25, 0.3) is 0 Å². The SMILES string of the molecule is c1ccc(-c2ccc3c(c2)c2cc(-n4c5ccccc5c5cc(-c6ccc7c(c6)c6ccccc6n7-c6nc(-c7ccccc7)cc(-c7ccccc7)n6)ccc54)ccc2n3-c2ccccc2)cc1.c1ccc(-c2ccc3c(c2)c2cc(-n4c5ccccc5c5cc(-c6ccc7c(c6)c6ccccc6n7-c6nc(-c7ccccc7)nc(-c7ccccc7)n6)ccc54)ccc2n3-c2ccccc2)cc1. The van der Waals surface area contributed by atoms with Crippen molar-refractivity contribution in [3.63, 3.8) is 0 Å². The summed E-state index contributed by atoms with van der Waals surface area (Å²) in [5.41, 5.74) is 33.3. The quantitative estimate of drug-likeness (QED) is 0.108. The van der Waals surface area contributed by atoms with E-state index in [1.165, 1.54) is 104 Å². The van der Waals surface area contributed by atoms with Gasteiger partial charge in [-0.3, -0.25) is 9.13 Å². The Hall–Kier alpha value is -18.7. The van der Waals surface area contributed by atoms with Crippen molar-refractivity contribution in [2.24, 2.45) is 0 Å². The second kappa shape index (κ2) is 32.6. The lowest BCUT2D eigenvalue weighted by Crippen LogP contribution is -2.06. The maximum absolute atomic E-state index is 5.25. The second-order valence-corrected chi connectivity index (χ2v) is 35.5. The minimum atomic E-state index is 0.579. The average Bonchev–Trinajstić information content (AvgIpc) is 1.58. The fraction of sp³-hybridized carbons (Fsp3) is 0. The number of rotatable bonds is 14. The normalized spacial score (nSPS) is 11.8. The van der Waals surface area contributed by atoms with Crippen LogP contribution in [-0.4, -0.2) is 52.3 Å². The predicted molar refractivity (Wildman–Crippen MR) is 571 cm³/mol. The van der Waals surface area contributed by atoms with Gasteiger partial charge in [0.05, 0.1) is 77.6 Å². The van der Waals surface area contributed by atoms with E-state index in [0.29, 0.717) is 23.5 Å². The van der Waals surface area contributed by atoms with Gasteiger partial charge in [-0.1, -0.05) is 328 Å². The molecule has 0 saturated carbocycles. The van der Waals surface area contributed by atoms with Crippen LogP contribution in [0.25, 0.3) is 255 Å². The first-order valence-electron chi connectivity index (χ1n) is 46.8. The van der Waals surface area contributed by atoms with Crippen molar-refractivity contribution in [1.82, 2.24) is 52.3 Å². The van der Waals surface area contributed by atoms with E-state index in [9.17, 15) is 0 Å². The summed E-state index contributed by atoms with van der Waals surface area (Å²) in [6.07, 6.45) is 0. The highest BCUT2D eigenvalue weighted by molar-refractivity contribution is 6.18. The monoisotopic (exact) mass is 1760 g/mol. The Kier molecular flexibility index (Phi) is 18.7. The molecule has 0 aliphatic rings. The molecule has 0 fully saturated rings. The van der Waals surface area contributed by atoms with Gasteiger partial charge in [0.1, 0.15) is 0 Å². The van der Waals surface area contributed by atoms with Crippen LogP contribution in [0.2, 0.25) is 0 Å². The minimum absolute atomic E-state index is 0.579. The minimum Gasteiger partial charge on any atom is -0.309 e. The molecule has 11 nitrogen and oxygen atoms in total. The van der Waals surface area contributed by atoms with Gasteiger partial charge in [0.2, 0.25) is 11.9 Å². The van der Waals surface area contributed by atoms with Gasteiger partial charge in [-0.05, 0) is 208 Å². The molecule has 20 aromatic carbocycles. The van der Waals surface area contributed by atoms with Gasteiger partial charge in [-0.25, -0.2) is 15.0 Å². The van der Waals surface area contributed by atoms with Crippen LogP contribution in [0.1, 0.15) is 0 Å². The molecule has 0 N–H and O–H groups in total. The maximum atomic E-state index is 5.25. The van der Waals surface area contributed by atoms with E-state index < -0.39 is 0 Å². The summed E-state index contributed by atoms with van der Waals surface area (Å²) in [4.78, 5) is 25.8. The Morgan fingerprint density at radius 2 is 0.326 bits per heavy atom. The topological polar surface area (TPSA) is 94.0 Å². The van der Waals surface area contributed by atoms with Crippen LogP contribution in [0.4, 0.5) is 0 Å². The van der Waals surface area contributed by atoms with Crippen LogP contribution in [0.5, 0.6) is 0 Å². The molecule has 8 heterocycles. The summed E-state index contributed by atoms with van der Waals surface area (Å²) in [6.45, 7) is 0. The smallest absolute Gasteiger partial charge is 0.238 e. The average molecular weight is 1760 g/mol. The molecule has 0 aliphatic heterocycles. The molecule has 0 radical (unpaired) electrons. The summed E-state index contributed by atoms with van der Waals surface area (Å²) in [5, 5.41) is 14.3. The highest BCUT2D eigenvalue weighted by atomic mass is 15.2. The van der Waals surface area contributed by atoms with E-state index in [4.69, 9.17) is 24.9 Å². The molecule has 0 unspecified atom stereocenters. The standard InChI is InChI=1S/C64H41N5.C63H40N6/c1-5-17-42(18-6-1)45-29-33-61-54(37-45)55-40-49(32-36-62(55)67(61)48-23-11-4-12-24-48)68-58-27-15-13-25-50(58)52-38-46(30-34-60(52)68)47-31-35-63-53(39-47)51-26-14-16-28-59(51)69(63)64-65-56(43-19-7-2-8-20-43)41-57(66-64)44-21-9-3-10-22-44;1-5-17-41(18-6-1)44-29-33-58-53(37-44)54-40-48(32-36-59(54)67(58)47-23-11-4-12-24-47)68-55-27-15-13-25-49(55)51-38-45(30-34-57(51)68)46-31-35-60-52(39-46)50-26-14-16-28-56(50)69(60)63-65-61(42-19-7-2-8-20-42)64-62(66-63)43-21-9-3-10-22-43/h1-41H;1-40H. The third-order valence-electron chi connectivity index (χ3n) is 27.6. The number of fused-ring (bicyclic) bond motifs is 18. The molecule has 138 heavy (non-hydrogen) atoms. The number of nitrogens with zero attached hydrogens (tertiary/aromatic N) is 11. The van der Waals surface area contributed by atoms with Crippen LogP contribution in [-0.2, 0) is 0 Å². The molecule has 0 atom stereocenters. The molecule has 0 aliphatic carbocycles. The van der Waals surface area contributed by atoms with Gasteiger partial charge >= 0.3 is 0 Å². The third kappa shape index (κ3) is 13.3. The summed E-state index contributed by atoms with van der Waals surface area (Å²) in [5.74, 6) is 2.48. The third-order valence-corrected chi connectivity index (χ3v) is 27.6. The highest BCUT2D eigenvalue weighted by Crippen LogP contribution is 2.46. The Balaban J connectivity index is 0.000000139. The Labute approximate surface area is 793 Å². The molecule has 0 bridgehead atoms. The van der Waals surface area contributed by atoms with Crippen molar-refractivity contribution in [3.05, 3.63) is 491 Å². The van der Waals surface area contributed by atoms with E-state index >= 15 is 0 Å². The fourth-order valence-corrected chi connectivity index (χ4v) is 21.2. The number of hydrogen-bond donors (Lipinski definition) is 0. The molecule has 644 valence electrons. The van der Waals surface area contributed by atoms with E-state index in [0.717, 1.165) is 128 Å².